The minimum Gasteiger partial charge on any atom is -0.241 e. The van der Waals surface area contributed by atoms with E-state index in [1.165, 1.54) is 15.8 Å². The third-order valence-corrected chi connectivity index (χ3v) is 3.27. The quantitative estimate of drug-likeness (QED) is 0.700. The Labute approximate surface area is 95.2 Å². The van der Waals surface area contributed by atoms with Crippen LogP contribution in [0.1, 0.15) is 31.3 Å². The first-order valence-corrected chi connectivity index (χ1v) is 6.12. The molecule has 1 heterocycles. The van der Waals surface area contributed by atoms with E-state index in [9.17, 15) is 0 Å². The maximum atomic E-state index is 4.62. The van der Waals surface area contributed by atoms with Gasteiger partial charge in [-0.05, 0) is 30.4 Å². The molecule has 80 valence electrons. The molecule has 1 aromatic carbocycles. The highest BCUT2D eigenvalue weighted by atomic mass is 32.1. The van der Waals surface area contributed by atoms with Crippen molar-refractivity contribution in [2.75, 3.05) is 0 Å². The molecule has 15 heavy (non-hydrogen) atoms. The summed E-state index contributed by atoms with van der Waals surface area (Å²) in [5, 5.41) is 1.16. The zero-order chi connectivity index (χ0) is 11.1. The molecular weight excluding hydrogens is 202 g/mol. The van der Waals surface area contributed by atoms with Crippen LogP contribution >= 0.6 is 11.3 Å². The predicted octanol–water partition coefficient (Wildman–Crippen LogP) is 4.19. The Kier molecular flexibility index (Phi) is 2.55. The second-order valence-electron chi connectivity index (χ2n) is 5.23. The summed E-state index contributed by atoms with van der Waals surface area (Å²) in [5.41, 5.74) is 2.91. The summed E-state index contributed by atoms with van der Waals surface area (Å²) in [6.45, 7) is 8.88. The molecule has 2 aromatic rings. The van der Waals surface area contributed by atoms with Crippen molar-refractivity contribution < 1.29 is 0 Å². The van der Waals surface area contributed by atoms with Crippen LogP contribution in [0.4, 0.5) is 0 Å². The van der Waals surface area contributed by atoms with E-state index in [0.29, 0.717) is 5.41 Å². The second kappa shape index (κ2) is 3.60. The smallest absolute Gasteiger partial charge is 0.0907 e. The summed E-state index contributed by atoms with van der Waals surface area (Å²) in [6.07, 6.45) is 1.09. The molecule has 0 bridgehead atoms. The molecule has 0 aliphatic rings. The Morgan fingerprint density at radius 1 is 1.27 bits per heavy atom. The Hall–Kier alpha value is -0.890. The van der Waals surface area contributed by atoms with Gasteiger partial charge in [-0.1, -0.05) is 32.9 Å². The number of aromatic nitrogens is 1. The van der Waals surface area contributed by atoms with Gasteiger partial charge < -0.3 is 0 Å². The van der Waals surface area contributed by atoms with E-state index in [2.05, 4.69) is 50.9 Å². The molecule has 0 aliphatic heterocycles. The highest BCUT2D eigenvalue weighted by molar-refractivity contribution is 7.18. The zero-order valence-electron chi connectivity index (χ0n) is 9.79. The third-order valence-electron chi connectivity index (χ3n) is 2.33. The van der Waals surface area contributed by atoms with E-state index >= 15 is 0 Å². The Bertz CT molecular complexity index is 477. The molecule has 0 spiro atoms. The number of rotatable bonds is 1. The van der Waals surface area contributed by atoms with Gasteiger partial charge in [-0.2, -0.15) is 0 Å². The van der Waals surface area contributed by atoms with Gasteiger partial charge >= 0.3 is 0 Å². The molecule has 0 radical (unpaired) electrons. The van der Waals surface area contributed by atoms with E-state index in [0.717, 1.165) is 11.4 Å². The van der Waals surface area contributed by atoms with Crippen LogP contribution in [-0.4, -0.2) is 4.98 Å². The SMILES string of the molecule is Cc1nc2c(CC(C)(C)C)cccc2s1. The summed E-state index contributed by atoms with van der Waals surface area (Å²) >= 11 is 1.78. The summed E-state index contributed by atoms with van der Waals surface area (Å²) in [5.74, 6) is 0. The van der Waals surface area contributed by atoms with Crippen molar-refractivity contribution >= 4 is 21.6 Å². The van der Waals surface area contributed by atoms with Gasteiger partial charge in [0.1, 0.15) is 0 Å². The molecule has 0 unspecified atom stereocenters. The minimum absolute atomic E-state index is 0.325. The van der Waals surface area contributed by atoms with Gasteiger partial charge in [-0.3, -0.25) is 0 Å². The number of thiazole rings is 1. The average Bonchev–Trinajstić information content (AvgIpc) is 2.43. The molecular formula is C13H17NS. The standard InChI is InChI=1S/C13H17NS/c1-9-14-12-10(8-13(2,3)4)6-5-7-11(12)15-9/h5-7H,8H2,1-4H3. The molecule has 0 saturated heterocycles. The molecule has 1 aromatic heterocycles. The van der Waals surface area contributed by atoms with Gasteiger partial charge in [0, 0.05) is 0 Å². The number of nitrogens with zero attached hydrogens (tertiary/aromatic N) is 1. The first kappa shape index (κ1) is 10.6. The largest absolute Gasteiger partial charge is 0.241 e. The van der Waals surface area contributed by atoms with Crippen molar-refractivity contribution in [3.05, 3.63) is 28.8 Å². The fourth-order valence-corrected chi connectivity index (χ4v) is 2.71. The number of fused-ring (bicyclic) bond motifs is 1. The van der Waals surface area contributed by atoms with Crippen LogP contribution in [0.5, 0.6) is 0 Å². The lowest BCUT2D eigenvalue weighted by molar-refractivity contribution is 0.412. The van der Waals surface area contributed by atoms with Gasteiger partial charge in [0.05, 0.1) is 15.2 Å². The Morgan fingerprint density at radius 3 is 2.67 bits per heavy atom. The second-order valence-corrected chi connectivity index (χ2v) is 6.47. The van der Waals surface area contributed by atoms with Gasteiger partial charge in [0.25, 0.3) is 0 Å². The van der Waals surface area contributed by atoms with Crippen molar-refractivity contribution in [2.45, 2.75) is 34.1 Å². The van der Waals surface area contributed by atoms with E-state index in [1.807, 2.05) is 0 Å². The van der Waals surface area contributed by atoms with Gasteiger partial charge in [-0.25, -0.2) is 4.98 Å². The molecule has 1 nitrogen and oxygen atoms in total. The molecule has 0 aliphatic carbocycles. The molecule has 0 saturated carbocycles. The Balaban J connectivity index is 2.51. The van der Waals surface area contributed by atoms with Gasteiger partial charge in [0.15, 0.2) is 0 Å². The zero-order valence-corrected chi connectivity index (χ0v) is 10.6. The van der Waals surface area contributed by atoms with Crippen molar-refractivity contribution in [3.63, 3.8) is 0 Å². The van der Waals surface area contributed by atoms with Crippen molar-refractivity contribution in [2.24, 2.45) is 5.41 Å². The number of aryl methyl sites for hydroxylation is 1. The van der Waals surface area contributed by atoms with E-state index in [4.69, 9.17) is 0 Å². The predicted molar refractivity (Wildman–Crippen MR) is 67.5 cm³/mol. The molecule has 0 amide bonds. The highest BCUT2D eigenvalue weighted by Crippen LogP contribution is 2.29. The van der Waals surface area contributed by atoms with Crippen LogP contribution < -0.4 is 0 Å². The van der Waals surface area contributed by atoms with Crippen LogP contribution in [0.2, 0.25) is 0 Å². The molecule has 0 N–H and O–H groups in total. The number of hydrogen-bond donors (Lipinski definition) is 0. The number of hydrogen-bond acceptors (Lipinski definition) is 2. The van der Waals surface area contributed by atoms with Gasteiger partial charge in [0.2, 0.25) is 0 Å². The molecule has 0 fully saturated rings. The van der Waals surface area contributed by atoms with E-state index in [-0.39, 0.29) is 0 Å². The lowest BCUT2D eigenvalue weighted by atomic mass is 9.88. The summed E-state index contributed by atoms with van der Waals surface area (Å²) in [7, 11) is 0. The summed E-state index contributed by atoms with van der Waals surface area (Å²) in [4.78, 5) is 4.62. The fourth-order valence-electron chi connectivity index (χ4n) is 1.83. The third kappa shape index (κ3) is 2.37. The molecule has 2 heteroatoms. The summed E-state index contributed by atoms with van der Waals surface area (Å²) in [6, 6.07) is 6.50. The van der Waals surface area contributed by atoms with Crippen LogP contribution in [0.3, 0.4) is 0 Å². The molecule has 2 rings (SSSR count). The average molecular weight is 219 g/mol. The van der Waals surface area contributed by atoms with Crippen LogP contribution in [0, 0.1) is 12.3 Å². The van der Waals surface area contributed by atoms with Crippen molar-refractivity contribution in [3.8, 4) is 0 Å². The maximum Gasteiger partial charge on any atom is 0.0907 e. The van der Waals surface area contributed by atoms with Gasteiger partial charge in [-0.15, -0.1) is 11.3 Å². The Morgan fingerprint density at radius 2 is 2.00 bits per heavy atom. The van der Waals surface area contributed by atoms with E-state index in [1.54, 1.807) is 11.3 Å². The highest BCUT2D eigenvalue weighted by Gasteiger charge is 2.14. The lowest BCUT2D eigenvalue weighted by Gasteiger charge is -2.18. The number of para-hydroxylation sites is 1. The maximum absolute atomic E-state index is 4.62. The minimum atomic E-state index is 0.325. The lowest BCUT2D eigenvalue weighted by Crippen LogP contribution is -2.09. The van der Waals surface area contributed by atoms with Crippen LogP contribution in [0.15, 0.2) is 18.2 Å². The van der Waals surface area contributed by atoms with Crippen molar-refractivity contribution in [1.29, 1.82) is 0 Å². The van der Waals surface area contributed by atoms with Crippen LogP contribution in [-0.2, 0) is 6.42 Å². The fraction of sp³-hybridized carbons (Fsp3) is 0.462. The normalized spacial score (nSPS) is 12.3. The monoisotopic (exact) mass is 219 g/mol. The van der Waals surface area contributed by atoms with E-state index < -0.39 is 0 Å². The summed E-state index contributed by atoms with van der Waals surface area (Å²) < 4.78 is 1.31. The number of benzene rings is 1. The van der Waals surface area contributed by atoms with Crippen molar-refractivity contribution in [1.82, 2.24) is 4.98 Å². The van der Waals surface area contributed by atoms with Crippen LogP contribution in [0.25, 0.3) is 10.2 Å². The topological polar surface area (TPSA) is 12.9 Å². The first-order chi connectivity index (χ1) is 6.96. The molecule has 0 atom stereocenters. The first-order valence-electron chi connectivity index (χ1n) is 5.31.